The van der Waals surface area contributed by atoms with Crippen molar-refractivity contribution in [2.24, 2.45) is 0 Å². The van der Waals surface area contributed by atoms with Crippen molar-refractivity contribution < 1.29 is 19.5 Å². The van der Waals surface area contributed by atoms with E-state index in [1.54, 1.807) is 24.3 Å². The monoisotopic (exact) mass is 356 g/mol. The van der Waals surface area contributed by atoms with Gasteiger partial charge in [0.1, 0.15) is 6.04 Å². The molecular weight excluding hydrogens is 340 g/mol. The first-order chi connectivity index (χ1) is 9.95. The van der Waals surface area contributed by atoms with Gasteiger partial charge in [-0.2, -0.15) is 0 Å². The van der Waals surface area contributed by atoms with Crippen molar-refractivity contribution in [1.29, 1.82) is 0 Å². The van der Waals surface area contributed by atoms with Crippen molar-refractivity contribution >= 4 is 33.7 Å². The number of hydrogen-bond donors (Lipinski definition) is 3. The van der Waals surface area contributed by atoms with E-state index in [1.807, 2.05) is 6.92 Å². The summed E-state index contributed by atoms with van der Waals surface area (Å²) in [4.78, 5) is 34.5. The third-order valence-corrected chi connectivity index (χ3v) is 3.43. The molecule has 21 heavy (non-hydrogen) atoms. The molecule has 0 fully saturated rings. The van der Waals surface area contributed by atoms with Crippen molar-refractivity contribution in [3.8, 4) is 0 Å². The van der Waals surface area contributed by atoms with Gasteiger partial charge in [0, 0.05) is 4.47 Å². The molecule has 7 heteroatoms. The average Bonchev–Trinajstić information content (AvgIpc) is 2.44. The van der Waals surface area contributed by atoms with Gasteiger partial charge < -0.3 is 15.7 Å². The maximum atomic E-state index is 11.9. The van der Waals surface area contributed by atoms with Crippen LogP contribution in [0.25, 0.3) is 0 Å². The molecule has 1 rings (SSSR count). The van der Waals surface area contributed by atoms with E-state index in [2.05, 4.69) is 26.6 Å². The number of aliphatic carboxylic acids is 1. The van der Waals surface area contributed by atoms with E-state index in [4.69, 9.17) is 5.11 Å². The number of amides is 2. The first-order valence-corrected chi connectivity index (χ1v) is 7.30. The highest BCUT2D eigenvalue weighted by Crippen LogP contribution is 2.15. The highest BCUT2D eigenvalue weighted by Gasteiger charge is 2.19. The molecule has 0 bridgehead atoms. The number of benzene rings is 1. The molecule has 0 aliphatic rings. The van der Waals surface area contributed by atoms with E-state index in [9.17, 15) is 14.4 Å². The second-order valence-electron chi connectivity index (χ2n) is 4.41. The highest BCUT2D eigenvalue weighted by atomic mass is 79.9. The Morgan fingerprint density at radius 1 is 1.29 bits per heavy atom. The Morgan fingerprint density at radius 3 is 2.52 bits per heavy atom. The Kier molecular flexibility index (Phi) is 6.87. The summed E-state index contributed by atoms with van der Waals surface area (Å²) in [6, 6.07) is 5.89. The fraction of sp³-hybridized carbons (Fsp3) is 0.357. The number of carbonyl (C=O) groups excluding carboxylic acids is 2. The Morgan fingerprint density at radius 2 is 1.95 bits per heavy atom. The number of nitrogens with one attached hydrogen (secondary N) is 2. The van der Waals surface area contributed by atoms with E-state index in [0.29, 0.717) is 22.9 Å². The van der Waals surface area contributed by atoms with Gasteiger partial charge in [0.15, 0.2) is 0 Å². The molecule has 2 amide bonds. The van der Waals surface area contributed by atoms with Gasteiger partial charge in [-0.3, -0.25) is 9.59 Å². The van der Waals surface area contributed by atoms with Crippen LogP contribution in [-0.2, 0) is 9.59 Å². The van der Waals surface area contributed by atoms with Gasteiger partial charge >= 0.3 is 5.97 Å². The second-order valence-corrected chi connectivity index (χ2v) is 5.26. The zero-order valence-corrected chi connectivity index (χ0v) is 13.1. The zero-order chi connectivity index (χ0) is 15.8. The molecule has 0 unspecified atom stereocenters. The maximum absolute atomic E-state index is 11.9. The van der Waals surface area contributed by atoms with E-state index in [-0.39, 0.29) is 6.54 Å². The Hall–Kier alpha value is -1.89. The van der Waals surface area contributed by atoms with Crippen molar-refractivity contribution in [3.63, 3.8) is 0 Å². The first-order valence-electron chi connectivity index (χ1n) is 6.50. The number of halogens is 1. The summed E-state index contributed by atoms with van der Waals surface area (Å²) in [5.74, 6) is -2.02. The third-order valence-electron chi connectivity index (χ3n) is 2.74. The molecule has 0 radical (unpaired) electrons. The van der Waals surface area contributed by atoms with Crippen LogP contribution >= 0.6 is 15.9 Å². The summed E-state index contributed by atoms with van der Waals surface area (Å²) < 4.78 is 0.623. The van der Waals surface area contributed by atoms with Crippen molar-refractivity contribution in [3.05, 3.63) is 34.3 Å². The molecule has 1 atom stereocenters. The fourth-order valence-electron chi connectivity index (χ4n) is 1.69. The topological polar surface area (TPSA) is 95.5 Å². The molecule has 0 aliphatic heterocycles. The smallest absolute Gasteiger partial charge is 0.326 e. The minimum absolute atomic E-state index is 0.270. The number of rotatable bonds is 7. The molecule has 6 nitrogen and oxygen atoms in total. The molecule has 0 aromatic heterocycles. The summed E-state index contributed by atoms with van der Waals surface area (Å²) in [7, 11) is 0. The quantitative estimate of drug-likeness (QED) is 0.690. The zero-order valence-electron chi connectivity index (χ0n) is 11.6. The lowest BCUT2D eigenvalue weighted by Crippen LogP contribution is -2.45. The summed E-state index contributed by atoms with van der Waals surface area (Å²) in [5.41, 5.74) is 0.411. The molecule has 0 spiro atoms. The fourth-order valence-corrected chi connectivity index (χ4v) is 2.16. The Labute approximate surface area is 131 Å². The van der Waals surface area contributed by atoms with Gasteiger partial charge in [-0.05, 0) is 34.5 Å². The maximum Gasteiger partial charge on any atom is 0.326 e. The molecule has 114 valence electrons. The largest absolute Gasteiger partial charge is 0.480 e. The molecule has 1 aromatic rings. The third kappa shape index (κ3) is 5.55. The van der Waals surface area contributed by atoms with E-state index < -0.39 is 23.8 Å². The lowest BCUT2D eigenvalue weighted by atomic mass is 10.1. The molecule has 0 heterocycles. The Balaban J connectivity index is 2.51. The predicted molar refractivity (Wildman–Crippen MR) is 80.9 cm³/mol. The first kappa shape index (κ1) is 17.2. The lowest BCUT2D eigenvalue weighted by Gasteiger charge is -2.14. The van der Waals surface area contributed by atoms with Gasteiger partial charge in [-0.15, -0.1) is 0 Å². The summed E-state index contributed by atoms with van der Waals surface area (Å²) >= 11 is 3.24. The van der Waals surface area contributed by atoms with Crippen LogP contribution in [0.15, 0.2) is 28.7 Å². The van der Waals surface area contributed by atoms with Gasteiger partial charge in [-0.1, -0.05) is 25.5 Å². The van der Waals surface area contributed by atoms with Gasteiger partial charge in [-0.25, -0.2) is 4.79 Å². The normalized spacial score (nSPS) is 11.5. The predicted octanol–water partition coefficient (Wildman–Crippen LogP) is 1.55. The van der Waals surface area contributed by atoms with Gasteiger partial charge in [0.2, 0.25) is 5.91 Å². The number of hydrogen-bond acceptors (Lipinski definition) is 3. The van der Waals surface area contributed by atoms with Crippen LogP contribution in [0.4, 0.5) is 0 Å². The van der Waals surface area contributed by atoms with Crippen LogP contribution in [0.3, 0.4) is 0 Å². The minimum Gasteiger partial charge on any atom is -0.480 e. The van der Waals surface area contributed by atoms with Crippen molar-refractivity contribution in [1.82, 2.24) is 10.6 Å². The standard InChI is InChI=1S/C14H17BrN2O4/c1-2-5-11(14(20)21)17-12(18)8-16-13(19)9-6-3-4-7-10(9)15/h3-4,6-7,11H,2,5,8H2,1H3,(H,16,19)(H,17,18)(H,20,21)/t11-/m0/s1. The molecule has 0 saturated carbocycles. The summed E-state index contributed by atoms with van der Waals surface area (Å²) in [5, 5.41) is 13.8. The minimum atomic E-state index is -1.08. The van der Waals surface area contributed by atoms with Crippen LogP contribution in [-0.4, -0.2) is 35.5 Å². The molecule has 0 saturated heterocycles. The van der Waals surface area contributed by atoms with E-state index >= 15 is 0 Å². The lowest BCUT2D eigenvalue weighted by molar-refractivity contribution is -0.141. The number of carboxylic acids is 1. The summed E-state index contributed by atoms with van der Waals surface area (Å²) in [6.07, 6.45) is 0.986. The molecular formula is C14H17BrN2O4. The molecule has 3 N–H and O–H groups in total. The molecule has 1 aromatic carbocycles. The van der Waals surface area contributed by atoms with Crippen LogP contribution < -0.4 is 10.6 Å². The summed E-state index contributed by atoms with van der Waals surface area (Å²) in [6.45, 7) is 1.56. The molecule has 0 aliphatic carbocycles. The van der Waals surface area contributed by atoms with Crippen LogP contribution in [0.1, 0.15) is 30.1 Å². The second kappa shape index (κ2) is 8.41. The van der Waals surface area contributed by atoms with Crippen molar-refractivity contribution in [2.45, 2.75) is 25.8 Å². The number of carboxylic acid groups (broad SMARTS) is 1. The van der Waals surface area contributed by atoms with Crippen LogP contribution in [0.2, 0.25) is 0 Å². The average molecular weight is 357 g/mol. The number of carbonyl (C=O) groups is 3. The van der Waals surface area contributed by atoms with E-state index in [0.717, 1.165) is 0 Å². The van der Waals surface area contributed by atoms with Gasteiger partial charge in [0.05, 0.1) is 12.1 Å². The highest BCUT2D eigenvalue weighted by molar-refractivity contribution is 9.10. The van der Waals surface area contributed by atoms with Gasteiger partial charge in [0.25, 0.3) is 5.91 Å². The Bertz CT molecular complexity index is 533. The van der Waals surface area contributed by atoms with Crippen LogP contribution in [0, 0.1) is 0 Å². The van der Waals surface area contributed by atoms with Crippen molar-refractivity contribution in [2.75, 3.05) is 6.54 Å². The van der Waals surface area contributed by atoms with E-state index in [1.165, 1.54) is 0 Å². The van der Waals surface area contributed by atoms with Crippen LogP contribution in [0.5, 0.6) is 0 Å². The SMILES string of the molecule is CCC[C@H](NC(=O)CNC(=O)c1ccccc1Br)C(=O)O.